The van der Waals surface area contributed by atoms with Crippen LogP contribution >= 0.6 is 0 Å². The minimum atomic E-state index is -0.313. The van der Waals surface area contributed by atoms with E-state index in [1.807, 2.05) is 0 Å². The van der Waals surface area contributed by atoms with E-state index in [-0.39, 0.29) is 5.54 Å². The molecule has 0 spiro atoms. The molecule has 3 unspecified atom stereocenters. The van der Waals surface area contributed by atoms with Gasteiger partial charge in [-0.05, 0) is 64.3 Å². The third-order valence-corrected chi connectivity index (χ3v) is 5.35. The largest absolute Gasteiger partial charge is 0.300 e. The van der Waals surface area contributed by atoms with Crippen molar-refractivity contribution in [3.05, 3.63) is 0 Å². The molecule has 3 rings (SSSR count). The Kier molecular flexibility index (Phi) is 3.82. The molecular formula is C16H27N3. The van der Waals surface area contributed by atoms with Gasteiger partial charge in [0.2, 0.25) is 0 Å². The van der Waals surface area contributed by atoms with E-state index in [0.717, 1.165) is 24.9 Å². The Labute approximate surface area is 117 Å². The smallest absolute Gasteiger partial charge is 0.105 e. The number of nitriles is 1. The van der Waals surface area contributed by atoms with Crippen molar-refractivity contribution < 1.29 is 0 Å². The van der Waals surface area contributed by atoms with Crippen LogP contribution in [0.15, 0.2) is 0 Å². The molecule has 1 saturated heterocycles. The molecule has 0 radical (unpaired) electrons. The number of rotatable bonds is 5. The highest BCUT2D eigenvalue weighted by atomic mass is 15.2. The molecule has 0 bridgehead atoms. The Morgan fingerprint density at radius 3 is 2.74 bits per heavy atom. The molecular weight excluding hydrogens is 234 g/mol. The molecule has 106 valence electrons. The first-order chi connectivity index (χ1) is 9.20. The van der Waals surface area contributed by atoms with Gasteiger partial charge < -0.3 is 4.90 Å². The average molecular weight is 261 g/mol. The number of hydrogen-bond acceptors (Lipinski definition) is 3. The average Bonchev–Trinajstić information content (AvgIpc) is 3.09. The standard InChI is InChI=1S/C16H27N3/c1-16(12-17,18-14-7-8-14)9-11-19-10-3-5-13-4-2-6-15(13)19/h13-15,18H,2-11H2,1H3. The molecule has 0 aromatic heterocycles. The molecule has 3 atom stereocenters. The molecule has 3 nitrogen and oxygen atoms in total. The fourth-order valence-electron chi connectivity index (χ4n) is 4.04. The first-order valence-electron chi connectivity index (χ1n) is 8.13. The fourth-order valence-corrected chi connectivity index (χ4v) is 4.04. The number of nitrogens with one attached hydrogen (secondary N) is 1. The van der Waals surface area contributed by atoms with Gasteiger partial charge in [-0.15, -0.1) is 0 Å². The normalized spacial score (nSPS) is 34.5. The van der Waals surface area contributed by atoms with Gasteiger partial charge in [-0.2, -0.15) is 5.26 Å². The van der Waals surface area contributed by atoms with Crippen LogP contribution in [0.2, 0.25) is 0 Å². The van der Waals surface area contributed by atoms with Crippen molar-refractivity contribution in [3.63, 3.8) is 0 Å². The topological polar surface area (TPSA) is 39.1 Å². The Hall–Kier alpha value is -0.590. The van der Waals surface area contributed by atoms with Gasteiger partial charge in [0.25, 0.3) is 0 Å². The fraction of sp³-hybridized carbons (Fsp3) is 0.938. The van der Waals surface area contributed by atoms with Crippen LogP contribution in [0.4, 0.5) is 0 Å². The molecule has 2 saturated carbocycles. The van der Waals surface area contributed by atoms with Crippen LogP contribution in [0.3, 0.4) is 0 Å². The van der Waals surface area contributed by atoms with Gasteiger partial charge in [0.15, 0.2) is 0 Å². The summed E-state index contributed by atoms with van der Waals surface area (Å²) in [6.07, 6.45) is 10.5. The summed E-state index contributed by atoms with van der Waals surface area (Å²) in [7, 11) is 0. The number of hydrogen-bond donors (Lipinski definition) is 1. The number of likely N-dealkylation sites (tertiary alicyclic amines) is 1. The van der Waals surface area contributed by atoms with Gasteiger partial charge in [0.1, 0.15) is 5.54 Å². The lowest BCUT2D eigenvalue weighted by Gasteiger charge is -2.39. The summed E-state index contributed by atoms with van der Waals surface area (Å²) in [6.45, 7) is 4.44. The van der Waals surface area contributed by atoms with Crippen LogP contribution in [-0.2, 0) is 0 Å². The summed E-state index contributed by atoms with van der Waals surface area (Å²) >= 11 is 0. The molecule has 1 aliphatic heterocycles. The number of fused-ring (bicyclic) bond motifs is 1. The lowest BCUT2D eigenvalue weighted by Crippen LogP contribution is -2.48. The predicted molar refractivity (Wildman–Crippen MR) is 76.7 cm³/mol. The molecule has 0 amide bonds. The highest BCUT2D eigenvalue weighted by molar-refractivity contribution is 5.07. The van der Waals surface area contributed by atoms with Gasteiger partial charge in [0.05, 0.1) is 6.07 Å². The van der Waals surface area contributed by atoms with E-state index in [9.17, 15) is 5.26 Å². The lowest BCUT2D eigenvalue weighted by atomic mass is 9.90. The van der Waals surface area contributed by atoms with E-state index in [1.165, 1.54) is 51.5 Å². The van der Waals surface area contributed by atoms with E-state index >= 15 is 0 Å². The summed E-state index contributed by atoms with van der Waals surface area (Å²) in [5.74, 6) is 0.957. The summed E-state index contributed by atoms with van der Waals surface area (Å²) in [5, 5.41) is 13.0. The highest BCUT2D eigenvalue weighted by Gasteiger charge is 2.37. The van der Waals surface area contributed by atoms with Crippen molar-refractivity contribution in [1.82, 2.24) is 10.2 Å². The van der Waals surface area contributed by atoms with Crippen molar-refractivity contribution in [2.75, 3.05) is 13.1 Å². The summed E-state index contributed by atoms with van der Waals surface area (Å²) < 4.78 is 0. The van der Waals surface area contributed by atoms with Crippen LogP contribution in [0.1, 0.15) is 58.3 Å². The van der Waals surface area contributed by atoms with Crippen LogP contribution in [-0.4, -0.2) is 35.6 Å². The SMILES string of the molecule is CC(C#N)(CCN1CCCC2CCCC21)NC1CC1. The lowest BCUT2D eigenvalue weighted by molar-refractivity contribution is 0.105. The van der Waals surface area contributed by atoms with Gasteiger partial charge in [-0.25, -0.2) is 0 Å². The zero-order chi connectivity index (χ0) is 13.3. The maximum absolute atomic E-state index is 9.45. The number of nitrogens with zero attached hydrogens (tertiary/aromatic N) is 2. The molecule has 3 fully saturated rings. The van der Waals surface area contributed by atoms with Crippen molar-refractivity contribution >= 4 is 0 Å². The maximum atomic E-state index is 9.45. The monoisotopic (exact) mass is 261 g/mol. The first kappa shape index (κ1) is 13.4. The molecule has 0 aromatic rings. The van der Waals surface area contributed by atoms with Gasteiger partial charge in [-0.3, -0.25) is 5.32 Å². The third-order valence-electron chi connectivity index (χ3n) is 5.35. The minimum absolute atomic E-state index is 0.313. The molecule has 0 aromatic carbocycles. The van der Waals surface area contributed by atoms with Crippen LogP contribution < -0.4 is 5.32 Å². The molecule has 19 heavy (non-hydrogen) atoms. The van der Waals surface area contributed by atoms with Crippen molar-refractivity contribution in [3.8, 4) is 6.07 Å². The van der Waals surface area contributed by atoms with Gasteiger partial charge in [-0.1, -0.05) is 6.42 Å². The first-order valence-corrected chi connectivity index (χ1v) is 8.13. The van der Waals surface area contributed by atoms with E-state index in [2.05, 4.69) is 23.2 Å². The minimum Gasteiger partial charge on any atom is -0.300 e. The Bertz CT molecular complexity index is 357. The molecule has 2 aliphatic carbocycles. The maximum Gasteiger partial charge on any atom is 0.105 e. The predicted octanol–water partition coefficient (Wildman–Crippen LogP) is 2.68. The molecule has 1 heterocycles. The summed E-state index contributed by atoms with van der Waals surface area (Å²) in [5.41, 5.74) is -0.313. The van der Waals surface area contributed by atoms with Crippen LogP contribution in [0.5, 0.6) is 0 Å². The Morgan fingerprint density at radius 2 is 2.00 bits per heavy atom. The quantitative estimate of drug-likeness (QED) is 0.827. The van der Waals surface area contributed by atoms with E-state index < -0.39 is 0 Å². The zero-order valence-electron chi connectivity index (χ0n) is 12.2. The van der Waals surface area contributed by atoms with Gasteiger partial charge in [0, 0.05) is 18.6 Å². The molecule has 3 heteroatoms. The Morgan fingerprint density at radius 1 is 1.21 bits per heavy atom. The second-order valence-corrected chi connectivity index (χ2v) is 7.05. The van der Waals surface area contributed by atoms with Crippen molar-refractivity contribution in [2.24, 2.45) is 5.92 Å². The van der Waals surface area contributed by atoms with Crippen LogP contribution in [0.25, 0.3) is 0 Å². The summed E-state index contributed by atoms with van der Waals surface area (Å²) in [6, 6.07) is 3.96. The second kappa shape index (κ2) is 5.42. The Balaban J connectivity index is 1.53. The van der Waals surface area contributed by atoms with Gasteiger partial charge >= 0.3 is 0 Å². The van der Waals surface area contributed by atoms with E-state index in [0.29, 0.717) is 6.04 Å². The molecule has 3 aliphatic rings. The third kappa shape index (κ3) is 3.12. The second-order valence-electron chi connectivity index (χ2n) is 7.05. The van der Waals surface area contributed by atoms with E-state index in [1.54, 1.807) is 0 Å². The summed E-state index contributed by atoms with van der Waals surface area (Å²) in [4.78, 5) is 2.69. The van der Waals surface area contributed by atoms with Crippen molar-refractivity contribution in [2.45, 2.75) is 75.9 Å². The van der Waals surface area contributed by atoms with E-state index in [4.69, 9.17) is 0 Å². The number of piperidine rings is 1. The molecule has 1 N–H and O–H groups in total. The zero-order valence-corrected chi connectivity index (χ0v) is 12.2. The van der Waals surface area contributed by atoms with Crippen molar-refractivity contribution in [1.29, 1.82) is 5.26 Å². The highest BCUT2D eigenvalue weighted by Crippen LogP contribution is 2.37. The van der Waals surface area contributed by atoms with Crippen LogP contribution in [0, 0.1) is 17.2 Å².